The van der Waals surface area contributed by atoms with Crippen molar-refractivity contribution in [1.82, 2.24) is 0 Å². The quantitative estimate of drug-likeness (QED) is 0.691. The van der Waals surface area contributed by atoms with Crippen molar-refractivity contribution in [2.75, 3.05) is 6.61 Å². The summed E-state index contributed by atoms with van der Waals surface area (Å²) in [6.07, 6.45) is -0.419. The van der Waals surface area contributed by atoms with E-state index in [-0.39, 0.29) is 17.9 Å². The molecule has 0 radical (unpaired) electrons. The molecule has 0 spiro atoms. The zero-order valence-corrected chi connectivity index (χ0v) is 10.5. The van der Waals surface area contributed by atoms with E-state index < -0.39 is 6.10 Å². The normalized spacial score (nSPS) is 13.2. The maximum Gasteiger partial charge on any atom is 0.0635 e. The van der Waals surface area contributed by atoms with Crippen molar-refractivity contribution in [3.63, 3.8) is 0 Å². The van der Waals surface area contributed by atoms with E-state index in [1.807, 2.05) is 41.5 Å². The fraction of sp³-hybridized carbons (Fsp3) is 0.833. The molecule has 0 aliphatic heterocycles. The summed E-state index contributed by atoms with van der Waals surface area (Å²) in [5.74, 6) is 0.210. The average molecular weight is 202 g/mol. The molecule has 0 fully saturated rings. The highest BCUT2D eigenvalue weighted by atomic mass is 16.3. The third-order valence-electron chi connectivity index (χ3n) is 1.84. The molecule has 0 aromatic rings. The van der Waals surface area contributed by atoms with Crippen molar-refractivity contribution in [2.45, 2.75) is 47.6 Å². The third-order valence-corrected chi connectivity index (χ3v) is 1.84. The van der Waals surface area contributed by atoms with E-state index in [0.29, 0.717) is 0 Å². The molecule has 86 valence electrons. The molecule has 0 aromatic carbocycles. The highest BCUT2D eigenvalue weighted by molar-refractivity contribution is 4.79. The molecule has 0 bridgehead atoms. The van der Waals surface area contributed by atoms with Gasteiger partial charge in [0.05, 0.1) is 12.7 Å². The van der Waals surface area contributed by atoms with E-state index in [2.05, 4.69) is 6.58 Å². The third kappa shape index (κ3) is 8.27. The van der Waals surface area contributed by atoms with Crippen molar-refractivity contribution < 1.29 is 10.2 Å². The maximum atomic E-state index is 9.49. The predicted octanol–water partition coefficient (Wildman–Crippen LogP) is 2.60. The predicted molar refractivity (Wildman–Crippen MR) is 62.2 cm³/mol. The summed E-state index contributed by atoms with van der Waals surface area (Å²) in [4.78, 5) is 0. The SMILES string of the molecule is C=C(C)C.CC(C)C(O)C(C)(C)CO. The molecule has 1 unspecified atom stereocenters. The van der Waals surface area contributed by atoms with Crippen LogP contribution in [-0.4, -0.2) is 22.9 Å². The Morgan fingerprint density at radius 2 is 1.57 bits per heavy atom. The van der Waals surface area contributed by atoms with Gasteiger partial charge in [0.2, 0.25) is 0 Å². The molecule has 0 aliphatic carbocycles. The smallest absolute Gasteiger partial charge is 0.0635 e. The zero-order valence-electron chi connectivity index (χ0n) is 10.5. The lowest BCUT2D eigenvalue weighted by Crippen LogP contribution is -2.36. The van der Waals surface area contributed by atoms with Crippen molar-refractivity contribution >= 4 is 0 Å². The summed E-state index contributed by atoms with van der Waals surface area (Å²) in [6.45, 7) is 15.1. The Bertz CT molecular complexity index is 156. The topological polar surface area (TPSA) is 40.5 Å². The Labute approximate surface area is 88.7 Å². The van der Waals surface area contributed by atoms with Gasteiger partial charge in [0.15, 0.2) is 0 Å². The van der Waals surface area contributed by atoms with Crippen LogP contribution >= 0.6 is 0 Å². The molecular formula is C12H26O2. The van der Waals surface area contributed by atoms with Crippen molar-refractivity contribution in [3.05, 3.63) is 12.2 Å². The van der Waals surface area contributed by atoms with E-state index in [4.69, 9.17) is 5.11 Å². The van der Waals surface area contributed by atoms with E-state index in [0.717, 1.165) is 0 Å². The van der Waals surface area contributed by atoms with Gasteiger partial charge in [-0.05, 0) is 19.8 Å². The molecule has 0 saturated carbocycles. The molecular weight excluding hydrogens is 176 g/mol. The minimum atomic E-state index is -0.419. The Kier molecular flexibility index (Phi) is 8.07. The van der Waals surface area contributed by atoms with Crippen LogP contribution in [0.1, 0.15) is 41.5 Å². The summed E-state index contributed by atoms with van der Waals surface area (Å²) in [6, 6.07) is 0. The molecule has 0 amide bonds. The maximum absolute atomic E-state index is 9.49. The second-order valence-corrected chi connectivity index (χ2v) is 5.04. The van der Waals surface area contributed by atoms with Gasteiger partial charge in [-0.1, -0.05) is 33.3 Å². The summed E-state index contributed by atoms with van der Waals surface area (Å²) in [5, 5.41) is 18.3. The second-order valence-electron chi connectivity index (χ2n) is 5.04. The molecule has 14 heavy (non-hydrogen) atoms. The van der Waals surface area contributed by atoms with Crippen LogP contribution in [0, 0.1) is 11.3 Å². The lowest BCUT2D eigenvalue weighted by Gasteiger charge is -2.30. The number of allylic oxidation sites excluding steroid dienone is 1. The van der Waals surface area contributed by atoms with Gasteiger partial charge in [0, 0.05) is 5.41 Å². The Morgan fingerprint density at radius 3 is 1.64 bits per heavy atom. The molecule has 2 N–H and O–H groups in total. The average Bonchev–Trinajstić information content (AvgIpc) is 2.02. The zero-order chi connectivity index (χ0) is 11.9. The molecule has 0 aliphatic rings. The summed E-state index contributed by atoms with van der Waals surface area (Å²) >= 11 is 0. The monoisotopic (exact) mass is 202 g/mol. The van der Waals surface area contributed by atoms with Crippen molar-refractivity contribution in [2.24, 2.45) is 11.3 Å². The molecule has 2 nitrogen and oxygen atoms in total. The molecule has 1 atom stereocenters. The van der Waals surface area contributed by atoms with Gasteiger partial charge >= 0.3 is 0 Å². The number of hydrogen-bond donors (Lipinski definition) is 2. The fourth-order valence-electron chi connectivity index (χ4n) is 0.996. The van der Waals surface area contributed by atoms with Crippen LogP contribution in [0.15, 0.2) is 12.2 Å². The highest BCUT2D eigenvalue weighted by Crippen LogP contribution is 2.24. The number of aliphatic hydroxyl groups excluding tert-OH is 2. The second kappa shape index (κ2) is 7.02. The number of hydrogen-bond acceptors (Lipinski definition) is 2. The first-order valence-electron chi connectivity index (χ1n) is 5.06. The van der Waals surface area contributed by atoms with Gasteiger partial charge in [-0.2, -0.15) is 0 Å². The van der Waals surface area contributed by atoms with Crippen LogP contribution in [0.3, 0.4) is 0 Å². The van der Waals surface area contributed by atoms with Crippen LogP contribution in [0.4, 0.5) is 0 Å². The summed E-state index contributed by atoms with van der Waals surface area (Å²) in [7, 11) is 0. The summed E-state index contributed by atoms with van der Waals surface area (Å²) < 4.78 is 0. The Morgan fingerprint density at radius 1 is 1.29 bits per heavy atom. The van der Waals surface area contributed by atoms with Gasteiger partial charge in [-0.3, -0.25) is 0 Å². The van der Waals surface area contributed by atoms with Crippen molar-refractivity contribution in [1.29, 1.82) is 0 Å². The van der Waals surface area contributed by atoms with E-state index in [1.54, 1.807) is 0 Å². The Hall–Kier alpha value is -0.340. The lowest BCUT2D eigenvalue weighted by atomic mass is 9.82. The van der Waals surface area contributed by atoms with E-state index >= 15 is 0 Å². The first-order chi connectivity index (χ1) is 6.15. The number of aliphatic hydroxyl groups is 2. The minimum absolute atomic E-state index is 0.0341. The largest absolute Gasteiger partial charge is 0.396 e. The first kappa shape index (κ1) is 16.1. The van der Waals surface area contributed by atoms with Gasteiger partial charge in [0.25, 0.3) is 0 Å². The van der Waals surface area contributed by atoms with Crippen LogP contribution in [-0.2, 0) is 0 Å². The molecule has 0 rings (SSSR count). The van der Waals surface area contributed by atoms with Crippen LogP contribution < -0.4 is 0 Å². The standard InChI is InChI=1S/C8H18O2.C4H8/c1-6(2)7(10)8(3,4)5-9;1-4(2)3/h6-7,9-10H,5H2,1-4H3;1H2,2-3H3. The van der Waals surface area contributed by atoms with E-state index in [1.165, 1.54) is 5.57 Å². The van der Waals surface area contributed by atoms with Crippen LogP contribution in [0.5, 0.6) is 0 Å². The van der Waals surface area contributed by atoms with Crippen molar-refractivity contribution in [3.8, 4) is 0 Å². The fourth-order valence-corrected chi connectivity index (χ4v) is 0.996. The molecule has 2 heteroatoms. The lowest BCUT2D eigenvalue weighted by molar-refractivity contribution is -0.0204. The highest BCUT2D eigenvalue weighted by Gasteiger charge is 2.28. The van der Waals surface area contributed by atoms with E-state index in [9.17, 15) is 5.11 Å². The van der Waals surface area contributed by atoms with Gasteiger partial charge in [0.1, 0.15) is 0 Å². The van der Waals surface area contributed by atoms with Gasteiger partial charge < -0.3 is 10.2 Å². The Balaban J connectivity index is 0. The first-order valence-corrected chi connectivity index (χ1v) is 5.06. The van der Waals surface area contributed by atoms with Gasteiger partial charge in [-0.15, -0.1) is 6.58 Å². The van der Waals surface area contributed by atoms with Crippen LogP contribution in [0.25, 0.3) is 0 Å². The number of rotatable bonds is 3. The van der Waals surface area contributed by atoms with Crippen LogP contribution in [0.2, 0.25) is 0 Å². The summed E-state index contributed by atoms with van der Waals surface area (Å²) in [5.41, 5.74) is 0.800. The molecule has 0 heterocycles. The molecule has 0 saturated heterocycles. The molecule has 0 aromatic heterocycles. The minimum Gasteiger partial charge on any atom is -0.396 e. The van der Waals surface area contributed by atoms with Gasteiger partial charge in [-0.25, -0.2) is 0 Å².